The van der Waals surface area contributed by atoms with Crippen LogP contribution in [0.25, 0.3) is 0 Å². The van der Waals surface area contributed by atoms with Gasteiger partial charge in [-0.25, -0.2) is 0 Å². The minimum absolute atomic E-state index is 0.0290. The number of aryl methyl sites for hydroxylation is 1. The summed E-state index contributed by atoms with van der Waals surface area (Å²) in [6, 6.07) is 10.1. The van der Waals surface area contributed by atoms with Gasteiger partial charge in [-0.2, -0.15) is 0 Å². The fraction of sp³-hybridized carbons (Fsp3) is 0.654. The van der Waals surface area contributed by atoms with Crippen molar-refractivity contribution in [1.29, 1.82) is 0 Å². The minimum atomic E-state index is -0.900. The summed E-state index contributed by atoms with van der Waals surface area (Å²) < 4.78 is 0. The van der Waals surface area contributed by atoms with Gasteiger partial charge in [-0.3, -0.25) is 4.79 Å². The quantitative estimate of drug-likeness (QED) is 0.222. The Hall–Kier alpha value is -1.65. The van der Waals surface area contributed by atoms with Gasteiger partial charge in [-0.15, -0.1) is 0 Å². The molecule has 170 valence electrons. The maximum absolute atomic E-state index is 11.7. The van der Waals surface area contributed by atoms with Gasteiger partial charge in [-0.1, -0.05) is 81.5 Å². The Labute approximate surface area is 183 Å². The standard InChI is InChI=1S/C26H42O4/c1-3-4-9-17-24(28)18-13-7-5-6-12-16-23(25(21(2)27)26(29)30)20-19-22-14-10-8-11-15-22/h8,10-11,13-15,18,21,23-25,27-28H,3-7,9,12,16-17,19-20H2,1-2H3,(H,29,30). The summed E-state index contributed by atoms with van der Waals surface area (Å²) in [7, 11) is 0. The maximum Gasteiger partial charge on any atom is 0.309 e. The predicted molar refractivity (Wildman–Crippen MR) is 123 cm³/mol. The van der Waals surface area contributed by atoms with Crippen molar-refractivity contribution in [2.75, 3.05) is 0 Å². The fourth-order valence-electron chi connectivity index (χ4n) is 4.10. The highest BCUT2D eigenvalue weighted by atomic mass is 16.4. The van der Waals surface area contributed by atoms with Gasteiger partial charge in [-0.05, 0) is 56.9 Å². The van der Waals surface area contributed by atoms with Crippen LogP contribution in [0.4, 0.5) is 0 Å². The lowest BCUT2D eigenvalue weighted by atomic mass is 9.80. The van der Waals surface area contributed by atoms with Gasteiger partial charge in [0.25, 0.3) is 0 Å². The van der Waals surface area contributed by atoms with Crippen LogP contribution in [-0.2, 0) is 11.2 Å². The Balaban J connectivity index is 2.41. The zero-order valence-electron chi connectivity index (χ0n) is 18.9. The van der Waals surface area contributed by atoms with Gasteiger partial charge >= 0.3 is 5.97 Å². The van der Waals surface area contributed by atoms with Crippen molar-refractivity contribution < 1.29 is 20.1 Å². The van der Waals surface area contributed by atoms with Crippen molar-refractivity contribution in [2.45, 2.75) is 96.7 Å². The number of rotatable bonds is 17. The van der Waals surface area contributed by atoms with E-state index in [9.17, 15) is 20.1 Å². The summed E-state index contributed by atoms with van der Waals surface area (Å²) in [5.41, 5.74) is 1.21. The molecule has 0 spiro atoms. The van der Waals surface area contributed by atoms with E-state index in [4.69, 9.17) is 0 Å². The molecule has 4 atom stereocenters. The molecule has 1 rings (SSSR count). The third kappa shape index (κ3) is 11.5. The van der Waals surface area contributed by atoms with Crippen LogP contribution in [0.2, 0.25) is 0 Å². The Bertz CT molecular complexity index is 582. The molecule has 30 heavy (non-hydrogen) atoms. The first-order valence-corrected chi connectivity index (χ1v) is 11.7. The fourth-order valence-corrected chi connectivity index (χ4v) is 4.10. The molecule has 0 saturated carbocycles. The maximum atomic E-state index is 11.7. The molecule has 0 amide bonds. The molecule has 0 heterocycles. The number of hydrogen-bond acceptors (Lipinski definition) is 3. The molecule has 0 bridgehead atoms. The van der Waals surface area contributed by atoms with Crippen molar-refractivity contribution >= 4 is 5.97 Å². The molecule has 4 unspecified atom stereocenters. The molecule has 4 heteroatoms. The summed E-state index contributed by atoms with van der Waals surface area (Å²) >= 11 is 0. The van der Waals surface area contributed by atoms with Crippen molar-refractivity contribution in [3.8, 4) is 0 Å². The van der Waals surface area contributed by atoms with E-state index in [1.807, 2.05) is 24.3 Å². The van der Waals surface area contributed by atoms with Crippen LogP contribution in [0.5, 0.6) is 0 Å². The van der Waals surface area contributed by atoms with E-state index in [0.29, 0.717) is 0 Å². The molecule has 4 nitrogen and oxygen atoms in total. The van der Waals surface area contributed by atoms with Crippen molar-refractivity contribution in [1.82, 2.24) is 0 Å². The highest BCUT2D eigenvalue weighted by Crippen LogP contribution is 2.28. The highest BCUT2D eigenvalue weighted by Gasteiger charge is 2.31. The van der Waals surface area contributed by atoms with Gasteiger partial charge in [0.15, 0.2) is 0 Å². The molecular formula is C26H42O4. The number of unbranched alkanes of at least 4 members (excludes halogenated alkanes) is 5. The summed E-state index contributed by atoms with van der Waals surface area (Å²) in [5, 5.41) is 29.6. The molecule has 0 aliphatic carbocycles. The second-order valence-corrected chi connectivity index (χ2v) is 8.52. The van der Waals surface area contributed by atoms with E-state index in [1.165, 1.54) is 18.4 Å². The number of benzene rings is 1. The Morgan fingerprint density at radius 2 is 1.67 bits per heavy atom. The molecule has 1 aromatic carbocycles. The van der Waals surface area contributed by atoms with Gasteiger partial charge in [0.05, 0.1) is 18.1 Å². The molecule has 0 saturated heterocycles. The summed E-state index contributed by atoms with van der Waals surface area (Å²) in [5.74, 6) is -1.64. The second-order valence-electron chi connectivity index (χ2n) is 8.52. The lowest BCUT2D eigenvalue weighted by Crippen LogP contribution is -2.33. The normalized spacial score (nSPS) is 15.7. The number of carboxylic acids is 1. The van der Waals surface area contributed by atoms with E-state index in [0.717, 1.165) is 57.8 Å². The van der Waals surface area contributed by atoms with E-state index < -0.39 is 18.0 Å². The minimum Gasteiger partial charge on any atom is -0.481 e. The number of hydrogen-bond donors (Lipinski definition) is 3. The molecule has 0 fully saturated rings. The number of allylic oxidation sites excluding steroid dienone is 1. The second kappa shape index (κ2) is 16.1. The Morgan fingerprint density at radius 1 is 0.967 bits per heavy atom. The number of carboxylic acid groups (broad SMARTS) is 1. The van der Waals surface area contributed by atoms with E-state index >= 15 is 0 Å². The first-order valence-electron chi connectivity index (χ1n) is 11.7. The van der Waals surface area contributed by atoms with Crippen LogP contribution in [0.3, 0.4) is 0 Å². The number of aliphatic carboxylic acids is 1. The van der Waals surface area contributed by atoms with Gasteiger partial charge in [0, 0.05) is 0 Å². The zero-order valence-corrected chi connectivity index (χ0v) is 18.9. The molecular weight excluding hydrogens is 376 g/mol. The predicted octanol–water partition coefficient (Wildman–Crippen LogP) is 5.76. The van der Waals surface area contributed by atoms with Crippen LogP contribution in [-0.4, -0.2) is 33.5 Å². The SMILES string of the molecule is CCCCCC(O)C=CCCCCCC(CCc1ccccc1)C(C(=O)O)C(C)O. The topological polar surface area (TPSA) is 77.8 Å². The first-order chi connectivity index (χ1) is 14.5. The summed E-state index contributed by atoms with van der Waals surface area (Å²) in [6.07, 6.45) is 13.4. The average Bonchev–Trinajstić information content (AvgIpc) is 2.71. The van der Waals surface area contributed by atoms with Crippen molar-refractivity contribution in [3.63, 3.8) is 0 Å². The van der Waals surface area contributed by atoms with E-state index in [1.54, 1.807) is 6.92 Å². The van der Waals surface area contributed by atoms with E-state index in [-0.39, 0.29) is 12.0 Å². The van der Waals surface area contributed by atoms with Gasteiger partial charge in [0.2, 0.25) is 0 Å². The molecule has 0 radical (unpaired) electrons. The zero-order chi connectivity index (χ0) is 22.2. The number of aliphatic hydroxyl groups excluding tert-OH is 2. The first kappa shape index (κ1) is 26.4. The van der Waals surface area contributed by atoms with E-state index in [2.05, 4.69) is 25.1 Å². The third-order valence-corrected chi connectivity index (χ3v) is 5.87. The van der Waals surface area contributed by atoms with Crippen molar-refractivity contribution in [2.24, 2.45) is 11.8 Å². The van der Waals surface area contributed by atoms with Gasteiger partial charge in [0.1, 0.15) is 0 Å². The number of carbonyl (C=O) groups is 1. The van der Waals surface area contributed by atoms with Crippen LogP contribution in [0.15, 0.2) is 42.5 Å². The summed E-state index contributed by atoms with van der Waals surface area (Å²) in [4.78, 5) is 11.7. The van der Waals surface area contributed by atoms with Crippen molar-refractivity contribution in [3.05, 3.63) is 48.0 Å². The lowest BCUT2D eigenvalue weighted by Gasteiger charge is -2.26. The van der Waals surface area contributed by atoms with Crippen LogP contribution < -0.4 is 0 Å². The monoisotopic (exact) mass is 418 g/mol. The largest absolute Gasteiger partial charge is 0.481 e. The van der Waals surface area contributed by atoms with Crippen LogP contribution in [0.1, 0.15) is 83.6 Å². The lowest BCUT2D eigenvalue weighted by molar-refractivity contribution is -0.148. The highest BCUT2D eigenvalue weighted by molar-refractivity contribution is 5.71. The molecule has 0 aromatic heterocycles. The third-order valence-electron chi connectivity index (χ3n) is 5.87. The molecule has 1 aromatic rings. The molecule has 3 N–H and O–H groups in total. The van der Waals surface area contributed by atoms with Gasteiger partial charge < -0.3 is 15.3 Å². The van der Waals surface area contributed by atoms with Crippen LogP contribution >= 0.6 is 0 Å². The smallest absolute Gasteiger partial charge is 0.309 e. The Morgan fingerprint density at radius 3 is 2.30 bits per heavy atom. The molecule has 0 aliphatic rings. The van der Waals surface area contributed by atoms with Crippen LogP contribution in [0, 0.1) is 11.8 Å². The average molecular weight is 419 g/mol. The molecule has 0 aliphatic heterocycles. The number of aliphatic hydroxyl groups is 2. The summed E-state index contributed by atoms with van der Waals surface area (Å²) in [6.45, 7) is 3.75. The Kier molecular flexibility index (Phi) is 14.2.